The summed E-state index contributed by atoms with van der Waals surface area (Å²) in [5.74, 6) is 0.170. The standard InChI is InChI=1S/C9H18N2O3S/c10-4-1-5-15(12,13)11-6-8-2-3-9(7-11)14-8/h8-9H,1-7,10H2. The number of nitrogens with two attached hydrogens (primary N) is 1. The predicted molar refractivity (Wildman–Crippen MR) is 56.9 cm³/mol. The number of sulfonamides is 1. The first kappa shape index (κ1) is 11.3. The molecule has 5 nitrogen and oxygen atoms in total. The summed E-state index contributed by atoms with van der Waals surface area (Å²) in [4.78, 5) is 0. The molecule has 2 aliphatic rings. The zero-order valence-electron chi connectivity index (χ0n) is 8.76. The lowest BCUT2D eigenvalue weighted by Gasteiger charge is -2.31. The average Bonchev–Trinajstić information content (AvgIpc) is 2.54. The zero-order chi connectivity index (χ0) is 10.9. The summed E-state index contributed by atoms with van der Waals surface area (Å²) in [5, 5.41) is 0. The van der Waals surface area contributed by atoms with Crippen LogP contribution in [0.15, 0.2) is 0 Å². The highest BCUT2D eigenvalue weighted by Gasteiger charge is 2.38. The first-order valence-corrected chi connectivity index (χ1v) is 7.06. The molecule has 2 heterocycles. The van der Waals surface area contributed by atoms with Crippen molar-refractivity contribution in [3.05, 3.63) is 0 Å². The summed E-state index contributed by atoms with van der Waals surface area (Å²) in [6, 6.07) is 0. The molecule has 88 valence electrons. The Morgan fingerprint density at radius 1 is 1.27 bits per heavy atom. The molecule has 2 atom stereocenters. The molecule has 0 saturated carbocycles. The summed E-state index contributed by atoms with van der Waals surface area (Å²) in [6.45, 7) is 1.49. The molecule has 15 heavy (non-hydrogen) atoms. The molecule has 2 aliphatic heterocycles. The maximum absolute atomic E-state index is 11.9. The molecular formula is C9H18N2O3S. The van der Waals surface area contributed by atoms with Gasteiger partial charge >= 0.3 is 0 Å². The number of morpholine rings is 1. The highest BCUT2D eigenvalue weighted by molar-refractivity contribution is 7.89. The van der Waals surface area contributed by atoms with Crippen molar-refractivity contribution in [1.82, 2.24) is 4.31 Å². The first-order valence-electron chi connectivity index (χ1n) is 5.45. The Morgan fingerprint density at radius 2 is 1.87 bits per heavy atom. The van der Waals surface area contributed by atoms with Crippen molar-refractivity contribution in [3.63, 3.8) is 0 Å². The van der Waals surface area contributed by atoms with Gasteiger partial charge < -0.3 is 10.5 Å². The van der Waals surface area contributed by atoms with Gasteiger partial charge in [0.25, 0.3) is 0 Å². The molecule has 0 radical (unpaired) electrons. The molecule has 2 fully saturated rings. The van der Waals surface area contributed by atoms with E-state index in [1.54, 1.807) is 4.31 Å². The molecule has 6 heteroatoms. The molecule has 0 amide bonds. The summed E-state index contributed by atoms with van der Waals surface area (Å²) >= 11 is 0. The SMILES string of the molecule is NCCCS(=O)(=O)N1CC2CCC(C1)O2. The van der Waals surface area contributed by atoms with Crippen LogP contribution in [-0.4, -0.2) is 50.3 Å². The third-order valence-electron chi connectivity index (χ3n) is 3.01. The van der Waals surface area contributed by atoms with Gasteiger partial charge in [0.2, 0.25) is 10.0 Å². The monoisotopic (exact) mass is 234 g/mol. The van der Waals surface area contributed by atoms with E-state index >= 15 is 0 Å². The molecule has 2 unspecified atom stereocenters. The van der Waals surface area contributed by atoms with Gasteiger partial charge in [-0.1, -0.05) is 0 Å². The Hall–Kier alpha value is -0.170. The van der Waals surface area contributed by atoms with Crippen LogP contribution in [0.4, 0.5) is 0 Å². The quantitative estimate of drug-likeness (QED) is 0.713. The van der Waals surface area contributed by atoms with Crippen molar-refractivity contribution in [2.75, 3.05) is 25.4 Å². The molecule has 0 aromatic heterocycles. The van der Waals surface area contributed by atoms with Crippen LogP contribution in [-0.2, 0) is 14.8 Å². The molecule has 2 rings (SSSR count). The molecule has 2 saturated heterocycles. The van der Waals surface area contributed by atoms with E-state index in [2.05, 4.69) is 0 Å². The number of rotatable bonds is 4. The van der Waals surface area contributed by atoms with E-state index in [1.165, 1.54) is 0 Å². The van der Waals surface area contributed by atoms with E-state index in [1.807, 2.05) is 0 Å². The Bertz CT molecular complexity index is 305. The Kier molecular flexibility index (Phi) is 3.30. The molecule has 0 aromatic rings. The normalized spacial score (nSPS) is 32.1. The number of fused-ring (bicyclic) bond motifs is 2. The van der Waals surface area contributed by atoms with Crippen LogP contribution in [0.1, 0.15) is 19.3 Å². The Balaban J connectivity index is 1.98. The fourth-order valence-electron chi connectivity index (χ4n) is 2.20. The number of hydrogen-bond acceptors (Lipinski definition) is 4. The van der Waals surface area contributed by atoms with E-state index in [-0.39, 0.29) is 18.0 Å². The van der Waals surface area contributed by atoms with Gasteiger partial charge in [-0.05, 0) is 25.8 Å². The van der Waals surface area contributed by atoms with Crippen LogP contribution >= 0.6 is 0 Å². The summed E-state index contributed by atoms with van der Waals surface area (Å²) in [7, 11) is -3.10. The number of hydrogen-bond donors (Lipinski definition) is 1. The van der Waals surface area contributed by atoms with Crippen molar-refractivity contribution < 1.29 is 13.2 Å². The number of ether oxygens (including phenoxy) is 1. The van der Waals surface area contributed by atoms with Crippen LogP contribution in [0.3, 0.4) is 0 Å². The van der Waals surface area contributed by atoms with Gasteiger partial charge in [-0.3, -0.25) is 0 Å². The number of nitrogens with zero attached hydrogens (tertiary/aromatic N) is 1. The second kappa shape index (κ2) is 4.37. The minimum absolute atomic E-state index is 0.122. The van der Waals surface area contributed by atoms with Crippen LogP contribution in [0.5, 0.6) is 0 Å². The third-order valence-corrected chi connectivity index (χ3v) is 4.90. The van der Waals surface area contributed by atoms with E-state index in [9.17, 15) is 8.42 Å². The van der Waals surface area contributed by atoms with Crippen LogP contribution in [0.25, 0.3) is 0 Å². The second-order valence-corrected chi connectivity index (χ2v) is 6.32. The Morgan fingerprint density at radius 3 is 2.40 bits per heavy atom. The van der Waals surface area contributed by atoms with E-state index in [0.29, 0.717) is 26.1 Å². The van der Waals surface area contributed by atoms with Gasteiger partial charge in [-0.25, -0.2) is 8.42 Å². The minimum Gasteiger partial charge on any atom is -0.372 e. The van der Waals surface area contributed by atoms with Crippen molar-refractivity contribution in [3.8, 4) is 0 Å². The van der Waals surface area contributed by atoms with Crippen LogP contribution in [0.2, 0.25) is 0 Å². The molecule has 2 bridgehead atoms. The van der Waals surface area contributed by atoms with Crippen molar-refractivity contribution >= 4 is 10.0 Å². The summed E-state index contributed by atoms with van der Waals surface area (Å²) < 4.78 is 30.9. The minimum atomic E-state index is -3.10. The van der Waals surface area contributed by atoms with E-state index < -0.39 is 10.0 Å². The molecule has 0 aromatic carbocycles. The smallest absolute Gasteiger partial charge is 0.214 e. The highest BCUT2D eigenvalue weighted by atomic mass is 32.2. The third kappa shape index (κ3) is 2.50. The highest BCUT2D eigenvalue weighted by Crippen LogP contribution is 2.27. The largest absolute Gasteiger partial charge is 0.372 e. The van der Waals surface area contributed by atoms with Crippen molar-refractivity contribution in [2.45, 2.75) is 31.5 Å². The maximum Gasteiger partial charge on any atom is 0.214 e. The predicted octanol–water partition coefficient (Wildman–Crippen LogP) is -0.472. The average molecular weight is 234 g/mol. The van der Waals surface area contributed by atoms with Crippen molar-refractivity contribution in [1.29, 1.82) is 0 Å². The lowest BCUT2D eigenvalue weighted by Crippen LogP contribution is -2.46. The molecule has 2 N–H and O–H groups in total. The Labute approximate surface area is 90.6 Å². The van der Waals surface area contributed by atoms with Gasteiger partial charge in [0, 0.05) is 13.1 Å². The van der Waals surface area contributed by atoms with E-state index in [4.69, 9.17) is 10.5 Å². The summed E-state index contributed by atoms with van der Waals surface area (Å²) in [6.07, 6.45) is 2.77. The maximum atomic E-state index is 11.9. The van der Waals surface area contributed by atoms with Gasteiger partial charge in [0.15, 0.2) is 0 Å². The first-order chi connectivity index (χ1) is 7.12. The summed E-state index contributed by atoms with van der Waals surface area (Å²) in [5.41, 5.74) is 5.32. The second-order valence-electron chi connectivity index (χ2n) is 4.23. The van der Waals surface area contributed by atoms with Crippen LogP contribution in [0, 0.1) is 0 Å². The van der Waals surface area contributed by atoms with Crippen LogP contribution < -0.4 is 5.73 Å². The lowest BCUT2D eigenvalue weighted by molar-refractivity contribution is -0.0114. The molecule has 0 spiro atoms. The van der Waals surface area contributed by atoms with Crippen molar-refractivity contribution in [2.24, 2.45) is 5.73 Å². The molecule has 0 aliphatic carbocycles. The lowest BCUT2D eigenvalue weighted by atomic mass is 10.2. The topological polar surface area (TPSA) is 72.6 Å². The molecular weight excluding hydrogens is 216 g/mol. The fourth-order valence-corrected chi connectivity index (χ4v) is 3.78. The van der Waals surface area contributed by atoms with Gasteiger partial charge in [0.1, 0.15) is 0 Å². The van der Waals surface area contributed by atoms with Gasteiger partial charge in [-0.2, -0.15) is 4.31 Å². The van der Waals surface area contributed by atoms with E-state index in [0.717, 1.165) is 12.8 Å². The van der Waals surface area contributed by atoms with Gasteiger partial charge in [-0.15, -0.1) is 0 Å². The fraction of sp³-hybridized carbons (Fsp3) is 1.00. The van der Waals surface area contributed by atoms with Gasteiger partial charge in [0.05, 0.1) is 18.0 Å². The zero-order valence-corrected chi connectivity index (χ0v) is 9.58.